The zero-order valence-corrected chi connectivity index (χ0v) is 23.2. The van der Waals surface area contributed by atoms with Crippen molar-refractivity contribution < 1.29 is 32.3 Å². The van der Waals surface area contributed by atoms with Crippen molar-refractivity contribution in [1.29, 1.82) is 0 Å². The molecule has 0 spiro atoms. The molecule has 1 aliphatic carbocycles. The summed E-state index contributed by atoms with van der Waals surface area (Å²) >= 11 is 6.08. The molecule has 2 aliphatic rings. The number of methoxy groups -OCH3 is 1. The van der Waals surface area contributed by atoms with Crippen LogP contribution in [0.5, 0.6) is 0 Å². The number of fused-ring (bicyclic) bond motifs is 1. The third-order valence-electron chi connectivity index (χ3n) is 7.76. The van der Waals surface area contributed by atoms with Gasteiger partial charge in [-0.2, -0.15) is 9.37 Å². The monoisotopic (exact) mass is 575 g/mol. The van der Waals surface area contributed by atoms with Crippen LogP contribution in [0.15, 0.2) is 34.7 Å². The topological polar surface area (TPSA) is 93.9 Å². The number of ketones is 1. The zero-order chi connectivity index (χ0) is 28.4. The minimum atomic E-state index is -2.70. The summed E-state index contributed by atoms with van der Waals surface area (Å²) in [6, 6.07) is 8.29. The van der Waals surface area contributed by atoms with E-state index in [1.54, 1.807) is 12.1 Å². The van der Waals surface area contributed by atoms with Crippen molar-refractivity contribution in [3.05, 3.63) is 52.3 Å². The number of likely N-dealkylation sites (tertiary alicyclic amines) is 1. The summed E-state index contributed by atoms with van der Waals surface area (Å²) < 4.78 is 48.4. The lowest BCUT2D eigenvalue weighted by Crippen LogP contribution is -2.54. The van der Waals surface area contributed by atoms with Gasteiger partial charge in [-0.15, -0.1) is 0 Å². The molecule has 1 saturated carbocycles. The van der Waals surface area contributed by atoms with E-state index in [9.17, 15) is 9.59 Å². The van der Waals surface area contributed by atoms with Gasteiger partial charge in [0.05, 0.1) is 19.1 Å². The van der Waals surface area contributed by atoms with Crippen LogP contribution in [0.2, 0.25) is 5.02 Å². The van der Waals surface area contributed by atoms with Gasteiger partial charge in [-0.25, -0.2) is 9.29 Å². The van der Waals surface area contributed by atoms with Crippen molar-refractivity contribution in [2.24, 2.45) is 5.92 Å². The van der Waals surface area contributed by atoms with Gasteiger partial charge in [0.2, 0.25) is 5.78 Å². The second kappa shape index (κ2) is 11.8. The summed E-state index contributed by atoms with van der Waals surface area (Å²) in [5.41, 5.74) is 1.64. The minimum Gasteiger partial charge on any atom is -0.469 e. The number of rotatable bonds is 9. The van der Waals surface area contributed by atoms with E-state index < -0.39 is 30.1 Å². The van der Waals surface area contributed by atoms with E-state index in [2.05, 4.69) is 10.3 Å². The Kier molecular flexibility index (Phi) is 8.39. The molecule has 1 aliphatic heterocycles. The number of alkyl halides is 1. The SMILES string of the molecule is COC(=O)C1CCC(OC(F)(C(=O)Cc2ccc3nc(Nc4cc(Cl)ccc4C)oc3c2F)N2CCCC2)CC1. The van der Waals surface area contributed by atoms with E-state index in [0.29, 0.717) is 49.5 Å². The van der Waals surface area contributed by atoms with Gasteiger partial charge in [0, 0.05) is 30.2 Å². The average molecular weight is 576 g/mol. The Bertz CT molecular complexity index is 1400. The highest BCUT2D eigenvalue weighted by atomic mass is 35.5. The molecule has 8 nitrogen and oxygen atoms in total. The number of aromatic nitrogens is 1. The molecule has 1 aromatic heterocycles. The summed E-state index contributed by atoms with van der Waals surface area (Å²) in [5, 5.41) is 3.52. The maximum absolute atomic E-state index is 16.5. The van der Waals surface area contributed by atoms with Crippen LogP contribution < -0.4 is 5.32 Å². The largest absolute Gasteiger partial charge is 0.469 e. The van der Waals surface area contributed by atoms with Gasteiger partial charge in [-0.05, 0) is 74.8 Å². The third-order valence-corrected chi connectivity index (χ3v) is 7.99. The minimum absolute atomic E-state index is 0.0154. The number of oxazole rings is 1. The molecule has 214 valence electrons. The molecular weight excluding hydrogens is 544 g/mol. The number of anilines is 2. The van der Waals surface area contributed by atoms with Crippen LogP contribution in [0, 0.1) is 18.7 Å². The number of hydrogen-bond acceptors (Lipinski definition) is 8. The molecule has 2 aromatic carbocycles. The fraction of sp³-hybridized carbons (Fsp3) is 0.483. The molecule has 1 unspecified atom stereocenters. The first-order valence-electron chi connectivity index (χ1n) is 13.5. The molecule has 1 saturated heterocycles. The van der Waals surface area contributed by atoms with Crippen LogP contribution in [0.3, 0.4) is 0 Å². The van der Waals surface area contributed by atoms with E-state index in [4.69, 9.17) is 25.5 Å². The smallest absolute Gasteiger partial charge is 0.330 e. The molecule has 2 heterocycles. The van der Waals surface area contributed by atoms with E-state index in [1.807, 2.05) is 13.0 Å². The first-order chi connectivity index (χ1) is 19.2. The summed E-state index contributed by atoms with van der Waals surface area (Å²) in [7, 11) is 1.34. The van der Waals surface area contributed by atoms with Crippen LogP contribution in [0.4, 0.5) is 20.5 Å². The number of carbonyl (C=O) groups is 2. The Morgan fingerprint density at radius 3 is 2.60 bits per heavy atom. The highest BCUT2D eigenvalue weighted by Crippen LogP contribution is 2.35. The van der Waals surface area contributed by atoms with Gasteiger partial charge in [-0.3, -0.25) is 9.59 Å². The number of esters is 1. The van der Waals surface area contributed by atoms with Crippen LogP contribution in [-0.4, -0.2) is 53.9 Å². The maximum Gasteiger partial charge on any atom is 0.330 e. The van der Waals surface area contributed by atoms with Gasteiger partial charge < -0.3 is 19.2 Å². The molecule has 11 heteroatoms. The van der Waals surface area contributed by atoms with Crippen molar-refractivity contribution >= 4 is 46.2 Å². The molecule has 0 amide bonds. The highest BCUT2D eigenvalue weighted by Gasteiger charge is 2.49. The predicted molar refractivity (Wildman–Crippen MR) is 146 cm³/mol. The first-order valence-corrected chi connectivity index (χ1v) is 13.9. The van der Waals surface area contributed by atoms with Crippen molar-refractivity contribution in [2.75, 3.05) is 25.5 Å². The number of carbonyl (C=O) groups excluding carboxylic acids is 2. The van der Waals surface area contributed by atoms with Gasteiger partial charge in [0.15, 0.2) is 11.4 Å². The fourth-order valence-electron chi connectivity index (χ4n) is 5.44. The fourth-order valence-corrected chi connectivity index (χ4v) is 5.61. The molecule has 1 atom stereocenters. The summed E-state index contributed by atoms with van der Waals surface area (Å²) in [6.45, 7) is 2.60. The van der Waals surface area contributed by atoms with Crippen LogP contribution in [0.1, 0.15) is 49.7 Å². The predicted octanol–water partition coefficient (Wildman–Crippen LogP) is 6.25. The Morgan fingerprint density at radius 2 is 1.90 bits per heavy atom. The van der Waals surface area contributed by atoms with Crippen molar-refractivity contribution in [1.82, 2.24) is 9.88 Å². The highest BCUT2D eigenvalue weighted by molar-refractivity contribution is 6.30. The van der Waals surface area contributed by atoms with E-state index in [-0.39, 0.29) is 34.6 Å². The summed E-state index contributed by atoms with van der Waals surface area (Å²) in [6.07, 6.45) is 2.23. The first kappa shape index (κ1) is 28.4. The van der Waals surface area contributed by atoms with Crippen molar-refractivity contribution in [3.8, 4) is 0 Å². The summed E-state index contributed by atoms with van der Waals surface area (Å²) in [5.74, 6) is -4.91. The Hall–Kier alpha value is -3.08. The van der Waals surface area contributed by atoms with Crippen molar-refractivity contribution in [2.45, 2.75) is 64.0 Å². The van der Waals surface area contributed by atoms with Gasteiger partial charge in [0.1, 0.15) is 5.52 Å². The Balaban J connectivity index is 1.34. The molecule has 3 aromatic rings. The number of benzene rings is 2. The van der Waals surface area contributed by atoms with Crippen LogP contribution >= 0.6 is 11.6 Å². The molecule has 1 N–H and O–H groups in total. The van der Waals surface area contributed by atoms with E-state index in [0.717, 1.165) is 18.4 Å². The average Bonchev–Trinajstić information content (AvgIpc) is 3.63. The normalized spacial score (nSPS) is 21.3. The lowest BCUT2D eigenvalue weighted by molar-refractivity contribution is -0.252. The van der Waals surface area contributed by atoms with Gasteiger partial charge in [-0.1, -0.05) is 23.7 Å². The molecule has 0 radical (unpaired) electrons. The molecule has 2 fully saturated rings. The number of nitrogens with one attached hydrogen (secondary N) is 1. The Morgan fingerprint density at radius 1 is 1.18 bits per heavy atom. The zero-order valence-electron chi connectivity index (χ0n) is 22.5. The Labute approximate surface area is 236 Å². The standard InChI is InChI=1S/C29H32ClF2N3O5/c1-17-5-9-20(30)16-23(17)34-28-33-22-12-8-19(25(31)26(22)39-28)15-24(36)29(32,35-13-3-4-14-35)40-21-10-6-18(7-11-21)27(37)38-2/h5,8-9,12,16,18,21H,3-4,6-7,10-11,13-15H2,1-2H3,(H,33,34). The van der Waals surface area contributed by atoms with Crippen molar-refractivity contribution in [3.63, 3.8) is 0 Å². The number of halogens is 3. The van der Waals surface area contributed by atoms with E-state index in [1.165, 1.54) is 24.1 Å². The lowest BCUT2D eigenvalue weighted by atomic mass is 9.87. The molecule has 5 rings (SSSR count). The molecule has 0 bridgehead atoms. The second-order valence-electron chi connectivity index (χ2n) is 10.5. The second-order valence-corrected chi connectivity index (χ2v) is 10.9. The number of Topliss-reactive ketones (excluding diaryl/α,β-unsaturated/α-hetero) is 1. The number of nitrogens with zero attached hydrogens (tertiary/aromatic N) is 2. The number of aryl methyl sites for hydroxylation is 1. The quantitative estimate of drug-likeness (QED) is 0.236. The third kappa shape index (κ3) is 5.84. The lowest BCUT2D eigenvalue weighted by Gasteiger charge is -2.37. The van der Waals surface area contributed by atoms with Gasteiger partial charge >= 0.3 is 11.9 Å². The van der Waals surface area contributed by atoms with Crippen LogP contribution in [-0.2, 0) is 25.5 Å². The molecule has 40 heavy (non-hydrogen) atoms. The maximum atomic E-state index is 16.5. The number of ether oxygens (including phenoxy) is 2. The number of hydrogen-bond donors (Lipinski definition) is 1. The van der Waals surface area contributed by atoms with Crippen LogP contribution in [0.25, 0.3) is 11.1 Å². The molecular formula is C29H32ClF2N3O5. The van der Waals surface area contributed by atoms with Gasteiger partial charge in [0.25, 0.3) is 6.01 Å². The van der Waals surface area contributed by atoms with E-state index >= 15 is 8.78 Å². The summed E-state index contributed by atoms with van der Waals surface area (Å²) in [4.78, 5) is 31.0.